The van der Waals surface area contributed by atoms with Gasteiger partial charge in [0.15, 0.2) is 5.79 Å². The van der Waals surface area contributed by atoms with Gasteiger partial charge < -0.3 is 24.6 Å². The van der Waals surface area contributed by atoms with E-state index in [1.54, 1.807) is 13.8 Å². The predicted octanol–water partition coefficient (Wildman–Crippen LogP) is 0.593. The van der Waals surface area contributed by atoms with E-state index >= 15 is 0 Å². The minimum absolute atomic E-state index is 0.0667. The molecular formula is C11H17NO6. The van der Waals surface area contributed by atoms with Gasteiger partial charge in [-0.3, -0.25) is 4.79 Å². The van der Waals surface area contributed by atoms with Crippen molar-refractivity contribution in [1.29, 1.82) is 0 Å². The molecule has 2 atom stereocenters. The van der Waals surface area contributed by atoms with Crippen LogP contribution in [0.5, 0.6) is 0 Å². The van der Waals surface area contributed by atoms with E-state index in [2.05, 4.69) is 0 Å². The second-order valence-corrected chi connectivity index (χ2v) is 5.35. The monoisotopic (exact) mass is 259 g/mol. The number of ether oxygens (including phenoxy) is 2. The van der Waals surface area contributed by atoms with Gasteiger partial charge in [-0.2, -0.15) is 0 Å². The molecule has 0 aliphatic carbocycles. The Balaban J connectivity index is 2.26. The van der Waals surface area contributed by atoms with E-state index in [1.807, 2.05) is 0 Å². The Morgan fingerprint density at radius 1 is 1.33 bits per heavy atom. The van der Waals surface area contributed by atoms with Crippen LogP contribution in [0.2, 0.25) is 0 Å². The lowest BCUT2D eigenvalue weighted by Gasteiger charge is -2.42. The van der Waals surface area contributed by atoms with Crippen molar-refractivity contribution in [2.24, 2.45) is 5.92 Å². The second kappa shape index (κ2) is 4.10. The largest absolute Gasteiger partial charge is 0.481 e. The van der Waals surface area contributed by atoms with Crippen LogP contribution in [0.4, 0.5) is 4.79 Å². The van der Waals surface area contributed by atoms with Crippen LogP contribution in [-0.2, 0) is 14.3 Å². The first-order valence-corrected chi connectivity index (χ1v) is 5.81. The number of carboxylic acids is 1. The van der Waals surface area contributed by atoms with Crippen molar-refractivity contribution in [2.75, 3.05) is 19.7 Å². The maximum atomic E-state index is 11.3. The highest BCUT2D eigenvalue weighted by Crippen LogP contribution is 2.41. The fourth-order valence-corrected chi connectivity index (χ4v) is 2.51. The molecule has 2 saturated heterocycles. The third-order valence-corrected chi connectivity index (χ3v) is 3.31. The van der Waals surface area contributed by atoms with Gasteiger partial charge in [-0.05, 0) is 20.3 Å². The van der Waals surface area contributed by atoms with Gasteiger partial charge in [0.1, 0.15) is 5.92 Å². The van der Waals surface area contributed by atoms with Crippen LogP contribution in [0.1, 0.15) is 20.3 Å². The lowest BCUT2D eigenvalue weighted by atomic mass is 9.90. The summed E-state index contributed by atoms with van der Waals surface area (Å²) >= 11 is 0. The van der Waals surface area contributed by atoms with Crippen molar-refractivity contribution in [1.82, 2.24) is 4.90 Å². The van der Waals surface area contributed by atoms with E-state index in [0.717, 1.165) is 4.90 Å². The molecule has 0 aromatic carbocycles. The van der Waals surface area contributed by atoms with Gasteiger partial charge in [0.05, 0.1) is 18.8 Å². The van der Waals surface area contributed by atoms with E-state index in [1.165, 1.54) is 0 Å². The molecule has 1 spiro atoms. The second-order valence-electron chi connectivity index (χ2n) is 5.35. The molecule has 2 fully saturated rings. The van der Waals surface area contributed by atoms with Gasteiger partial charge in [0.2, 0.25) is 0 Å². The Bertz CT molecular complexity index is 382. The Morgan fingerprint density at radius 3 is 2.44 bits per heavy atom. The fraction of sp³-hybridized carbons (Fsp3) is 0.818. The molecule has 0 radical (unpaired) electrons. The van der Waals surface area contributed by atoms with Crippen molar-refractivity contribution < 1.29 is 29.3 Å². The molecule has 7 nitrogen and oxygen atoms in total. The van der Waals surface area contributed by atoms with Gasteiger partial charge in [-0.15, -0.1) is 0 Å². The summed E-state index contributed by atoms with van der Waals surface area (Å²) in [6.07, 6.45) is -0.896. The molecule has 2 heterocycles. The van der Waals surface area contributed by atoms with Crippen molar-refractivity contribution in [3.63, 3.8) is 0 Å². The number of piperidine rings is 1. The molecular weight excluding hydrogens is 242 g/mol. The van der Waals surface area contributed by atoms with Crippen molar-refractivity contribution in [3.05, 3.63) is 0 Å². The Morgan fingerprint density at radius 2 is 2.00 bits per heavy atom. The van der Waals surface area contributed by atoms with E-state index in [0.29, 0.717) is 0 Å². The average molecular weight is 259 g/mol. The number of aliphatic carboxylic acids is 1. The first kappa shape index (κ1) is 13.1. The quantitative estimate of drug-likeness (QED) is 0.715. The van der Waals surface area contributed by atoms with Gasteiger partial charge in [-0.1, -0.05) is 0 Å². The Labute approximate surface area is 104 Å². The number of nitrogens with zero attached hydrogens (tertiary/aromatic N) is 1. The predicted molar refractivity (Wildman–Crippen MR) is 59.2 cm³/mol. The number of hydrogen-bond acceptors (Lipinski definition) is 4. The van der Waals surface area contributed by atoms with Gasteiger partial charge in [0.25, 0.3) is 0 Å². The lowest BCUT2D eigenvalue weighted by Crippen LogP contribution is -2.58. The standard InChI is InChI=1S/C11H17NO6/c1-10(2)6-17-11(18-10)5-12(9(15)16)4-3-7(11)8(13)14/h7H,3-6H2,1-2H3,(H,13,14)(H,15,16). The van der Waals surface area contributed by atoms with Crippen molar-refractivity contribution >= 4 is 12.1 Å². The molecule has 2 aliphatic heterocycles. The molecule has 18 heavy (non-hydrogen) atoms. The number of hydrogen-bond donors (Lipinski definition) is 2. The molecule has 1 amide bonds. The molecule has 0 aromatic rings. The topological polar surface area (TPSA) is 96.3 Å². The van der Waals surface area contributed by atoms with Crippen molar-refractivity contribution in [2.45, 2.75) is 31.7 Å². The zero-order valence-corrected chi connectivity index (χ0v) is 10.4. The summed E-state index contributed by atoms with van der Waals surface area (Å²) in [7, 11) is 0. The van der Waals surface area contributed by atoms with Gasteiger partial charge in [0, 0.05) is 6.54 Å². The molecule has 102 valence electrons. The summed E-state index contributed by atoms with van der Waals surface area (Å²) in [5.74, 6) is -3.21. The first-order chi connectivity index (χ1) is 8.26. The van der Waals surface area contributed by atoms with Gasteiger partial charge in [-0.25, -0.2) is 4.79 Å². The summed E-state index contributed by atoms with van der Waals surface area (Å²) < 4.78 is 11.3. The van der Waals surface area contributed by atoms with Crippen LogP contribution < -0.4 is 0 Å². The Kier molecular flexibility index (Phi) is 2.98. The minimum Gasteiger partial charge on any atom is -0.481 e. The molecule has 2 aliphatic rings. The minimum atomic E-state index is -1.36. The van der Waals surface area contributed by atoms with Crippen LogP contribution in [0, 0.1) is 5.92 Å². The summed E-state index contributed by atoms with van der Waals surface area (Å²) in [6, 6.07) is 0. The number of likely N-dealkylation sites (tertiary alicyclic amines) is 1. The molecule has 0 bridgehead atoms. The highest BCUT2D eigenvalue weighted by Gasteiger charge is 2.57. The zero-order chi connectivity index (χ0) is 13.6. The SMILES string of the molecule is CC1(C)COC2(CN(C(=O)O)CCC2C(=O)O)O1. The highest BCUT2D eigenvalue weighted by atomic mass is 16.8. The third-order valence-electron chi connectivity index (χ3n) is 3.31. The Hall–Kier alpha value is -1.34. The van der Waals surface area contributed by atoms with Crippen LogP contribution >= 0.6 is 0 Å². The molecule has 0 saturated carbocycles. The summed E-state index contributed by atoms with van der Waals surface area (Å²) in [5, 5.41) is 18.2. The third kappa shape index (κ3) is 2.15. The maximum Gasteiger partial charge on any atom is 0.407 e. The van der Waals surface area contributed by atoms with Crippen LogP contribution in [0.15, 0.2) is 0 Å². The smallest absolute Gasteiger partial charge is 0.407 e. The fourth-order valence-electron chi connectivity index (χ4n) is 2.51. The summed E-state index contributed by atoms with van der Waals surface area (Å²) in [4.78, 5) is 23.4. The van der Waals surface area contributed by atoms with E-state index in [4.69, 9.17) is 14.6 Å². The highest BCUT2D eigenvalue weighted by molar-refractivity contribution is 5.72. The molecule has 7 heteroatoms. The molecule has 2 rings (SSSR count). The van der Waals surface area contributed by atoms with Crippen LogP contribution in [0.3, 0.4) is 0 Å². The number of carboxylic acid groups (broad SMARTS) is 2. The summed E-state index contributed by atoms with van der Waals surface area (Å²) in [6.45, 7) is 3.95. The normalized spacial score (nSPS) is 34.8. The molecule has 2 N–H and O–H groups in total. The lowest BCUT2D eigenvalue weighted by molar-refractivity contribution is -0.239. The van der Waals surface area contributed by atoms with E-state index < -0.39 is 29.4 Å². The van der Waals surface area contributed by atoms with E-state index in [9.17, 15) is 14.7 Å². The number of rotatable bonds is 1. The molecule has 2 unspecified atom stereocenters. The van der Waals surface area contributed by atoms with E-state index in [-0.39, 0.29) is 26.1 Å². The maximum absolute atomic E-state index is 11.3. The zero-order valence-electron chi connectivity index (χ0n) is 10.4. The summed E-state index contributed by atoms with van der Waals surface area (Å²) in [5.41, 5.74) is -0.602. The van der Waals surface area contributed by atoms with Crippen molar-refractivity contribution in [3.8, 4) is 0 Å². The number of carbonyl (C=O) groups is 2. The molecule has 0 aromatic heterocycles. The van der Waals surface area contributed by atoms with Crippen LogP contribution in [0.25, 0.3) is 0 Å². The van der Waals surface area contributed by atoms with Gasteiger partial charge >= 0.3 is 12.1 Å². The number of amides is 1. The first-order valence-electron chi connectivity index (χ1n) is 5.81. The average Bonchev–Trinajstić information content (AvgIpc) is 2.53. The van der Waals surface area contributed by atoms with Crippen LogP contribution in [-0.4, -0.2) is 58.3 Å².